The lowest BCUT2D eigenvalue weighted by atomic mass is 10.0. The number of hydrogen-bond acceptors (Lipinski definition) is 3. The summed E-state index contributed by atoms with van der Waals surface area (Å²) in [4.78, 5) is 20.5. The number of rotatable bonds is 7. The van der Waals surface area contributed by atoms with E-state index in [0.29, 0.717) is 19.0 Å². The molecule has 0 bridgehead atoms. The molecule has 0 atom stereocenters. The highest BCUT2D eigenvalue weighted by Crippen LogP contribution is 2.14. The van der Waals surface area contributed by atoms with Gasteiger partial charge in [-0.2, -0.15) is 0 Å². The van der Waals surface area contributed by atoms with Crippen LogP contribution in [0.25, 0.3) is 5.82 Å². The second-order valence-electron chi connectivity index (χ2n) is 6.71. The van der Waals surface area contributed by atoms with Gasteiger partial charge in [-0.05, 0) is 29.5 Å². The Labute approximate surface area is 159 Å². The van der Waals surface area contributed by atoms with Crippen LogP contribution < -0.4 is 10.6 Å². The predicted molar refractivity (Wildman–Crippen MR) is 106 cm³/mol. The first-order chi connectivity index (χ1) is 13.1. The van der Waals surface area contributed by atoms with Gasteiger partial charge in [0, 0.05) is 37.2 Å². The van der Waals surface area contributed by atoms with Crippen molar-refractivity contribution in [2.24, 2.45) is 0 Å². The minimum absolute atomic E-state index is 0.186. The summed E-state index contributed by atoms with van der Waals surface area (Å²) in [7, 11) is 0. The van der Waals surface area contributed by atoms with Crippen molar-refractivity contribution in [2.75, 3.05) is 6.54 Å². The van der Waals surface area contributed by atoms with E-state index >= 15 is 0 Å². The molecule has 0 radical (unpaired) electrons. The van der Waals surface area contributed by atoms with E-state index in [9.17, 15) is 4.79 Å². The summed E-state index contributed by atoms with van der Waals surface area (Å²) >= 11 is 0. The van der Waals surface area contributed by atoms with Crippen molar-refractivity contribution in [3.05, 3.63) is 78.0 Å². The van der Waals surface area contributed by atoms with Crippen LogP contribution in [-0.4, -0.2) is 27.1 Å². The van der Waals surface area contributed by atoms with Crippen LogP contribution in [0.1, 0.15) is 36.5 Å². The second-order valence-corrected chi connectivity index (χ2v) is 6.71. The number of nitrogens with one attached hydrogen (secondary N) is 2. The Morgan fingerprint density at radius 1 is 1.11 bits per heavy atom. The monoisotopic (exact) mass is 363 g/mol. The van der Waals surface area contributed by atoms with Gasteiger partial charge in [-0.1, -0.05) is 44.2 Å². The highest BCUT2D eigenvalue weighted by atomic mass is 16.2. The molecule has 0 aliphatic rings. The number of carbonyl (C=O) groups excluding carboxylic acids is 1. The largest absolute Gasteiger partial charge is 0.338 e. The van der Waals surface area contributed by atoms with Crippen LogP contribution in [0.15, 0.2) is 61.3 Å². The van der Waals surface area contributed by atoms with Crippen molar-refractivity contribution in [3.63, 3.8) is 0 Å². The third kappa shape index (κ3) is 5.17. The minimum atomic E-state index is -0.186. The number of amides is 2. The lowest BCUT2D eigenvalue weighted by molar-refractivity contribution is 0.240. The average molecular weight is 363 g/mol. The van der Waals surface area contributed by atoms with E-state index in [-0.39, 0.29) is 6.03 Å². The lowest BCUT2D eigenvalue weighted by Crippen LogP contribution is -2.36. The fourth-order valence-corrected chi connectivity index (χ4v) is 2.81. The van der Waals surface area contributed by atoms with E-state index in [4.69, 9.17) is 0 Å². The normalized spacial score (nSPS) is 10.8. The molecule has 2 aromatic heterocycles. The third-order valence-electron chi connectivity index (χ3n) is 4.40. The molecular weight excluding hydrogens is 338 g/mol. The molecule has 0 fully saturated rings. The average Bonchev–Trinajstić information content (AvgIpc) is 3.21. The maximum Gasteiger partial charge on any atom is 0.315 e. The van der Waals surface area contributed by atoms with Gasteiger partial charge in [-0.15, -0.1) is 0 Å². The number of pyridine rings is 1. The number of imidazole rings is 1. The molecular formula is C21H25N5O. The molecule has 6 nitrogen and oxygen atoms in total. The molecule has 140 valence electrons. The van der Waals surface area contributed by atoms with Crippen molar-refractivity contribution in [2.45, 2.75) is 32.7 Å². The molecule has 0 spiro atoms. The molecule has 2 amide bonds. The topological polar surface area (TPSA) is 71.8 Å². The summed E-state index contributed by atoms with van der Waals surface area (Å²) in [6.07, 6.45) is 7.75. The van der Waals surface area contributed by atoms with Crippen LogP contribution >= 0.6 is 0 Å². The predicted octanol–water partition coefficient (Wildman–Crippen LogP) is 3.43. The second kappa shape index (κ2) is 8.98. The summed E-state index contributed by atoms with van der Waals surface area (Å²) in [6.45, 7) is 5.35. The van der Waals surface area contributed by atoms with Crippen LogP contribution in [0.4, 0.5) is 4.79 Å². The van der Waals surface area contributed by atoms with Crippen molar-refractivity contribution in [1.82, 2.24) is 25.2 Å². The molecule has 0 aliphatic heterocycles. The summed E-state index contributed by atoms with van der Waals surface area (Å²) in [5.74, 6) is 1.29. The number of aromatic nitrogens is 3. The number of hydrogen-bond donors (Lipinski definition) is 2. The van der Waals surface area contributed by atoms with Crippen LogP contribution in [0, 0.1) is 0 Å². The van der Waals surface area contributed by atoms with Gasteiger partial charge in [-0.25, -0.2) is 14.8 Å². The Bertz CT molecular complexity index is 857. The first-order valence-corrected chi connectivity index (χ1v) is 9.16. The van der Waals surface area contributed by atoms with Crippen molar-refractivity contribution in [3.8, 4) is 5.82 Å². The fraction of sp³-hybridized carbons (Fsp3) is 0.286. The first-order valence-electron chi connectivity index (χ1n) is 9.16. The van der Waals surface area contributed by atoms with Crippen LogP contribution in [-0.2, 0) is 13.0 Å². The number of urea groups is 1. The molecule has 0 saturated carbocycles. The Hall–Kier alpha value is -3.15. The standard InChI is InChI=1S/C21H25N5O/c1-16(2)18-7-5-17(6-8-18)9-11-24-21(27)25-14-19-4-3-10-23-20(19)26-13-12-22-15-26/h3-8,10,12-13,15-16H,9,11,14H2,1-2H3,(H2,24,25,27). The van der Waals surface area contributed by atoms with Gasteiger partial charge in [0.15, 0.2) is 0 Å². The molecule has 0 saturated heterocycles. The zero-order valence-electron chi connectivity index (χ0n) is 15.7. The van der Waals surface area contributed by atoms with Gasteiger partial charge in [0.2, 0.25) is 0 Å². The first kappa shape index (κ1) is 18.6. The number of nitrogens with zero attached hydrogens (tertiary/aromatic N) is 3. The summed E-state index contributed by atoms with van der Waals surface area (Å²) < 4.78 is 1.83. The van der Waals surface area contributed by atoms with Gasteiger partial charge in [0.1, 0.15) is 12.1 Å². The van der Waals surface area contributed by atoms with Gasteiger partial charge < -0.3 is 10.6 Å². The van der Waals surface area contributed by atoms with Crippen molar-refractivity contribution >= 4 is 6.03 Å². The molecule has 27 heavy (non-hydrogen) atoms. The molecule has 2 heterocycles. The van der Waals surface area contributed by atoms with Crippen LogP contribution in [0.3, 0.4) is 0 Å². The van der Waals surface area contributed by atoms with Crippen molar-refractivity contribution in [1.29, 1.82) is 0 Å². The summed E-state index contributed by atoms with van der Waals surface area (Å²) in [5, 5.41) is 5.79. The Morgan fingerprint density at radius 2 is 1.93 bits per heavy atom. The minimum Gasteiger partial charge on any atom is -0.338 e. The molecule has 3 rings (SSSR count). The van der Waals surface area contributed by atoms with E-state index in [2.05, 4.69) is 58.7 Å². The third-order valence-corrected chi connectivity index (χ3v) is 4.40. The maximum absolute atomic E-state index is 12.1. The highest BCUT2D eigenvalue weighted by Gasteiger charge is 2.07. The van der Waals surface area contributed by atoms with Gasteiger partial charge in [0.05, 0.1) is 0 Å². The summed E-state index contributed by atoms with van der Waals surface area (Å²) in [6, 6.07) is 12.2. The molecule has 0 unspecified atom stereocenters. The Kier molecular flexibility index (Phi) is 6.20. The highest BCUT2D eigenvalue weighted by molar-refractivity contribution is 5.73. The van der Waals surface area contributed by atoms with Gasteiger partial charge in [-0.3, -0.25) is 4.57 Å². The smallest absolute Gasteiger partial charge is 0.315 e. The molecule has 1 aromatic carbocycles. The number of carbonyl (C=O) groups is 1. The zero-order valence-corrected chi connectivity index (χ0v) is 15.7. The molecule has 6 heteroatoms. The molecule has 0 aliphatic carbocycles. The van der Waals surface area contributed by atoms with E-state index in [1.165, 1.54) is 11.1 Å². The van der Waals surface area contributed by atoms with Crippen LogP contribution in [0.5, 0.6) is 0 Å². The van der Waals surface area contributed by atoms with E-state index < -0.39 is 0 Å². The zero-order chi connectivity index (χ0) is 19.1. The lowest BCUT2D eigenvalue weighted by Gasteiger charge is -2.11. The Morgan fingerprint density at radius 3 is 2.63 bits per heavy atom. The van der Waals surface area contributed by atoms with E-state index in [0.717, 1.165) is 17.8 Å². The Balaban J connectivity index is 1.47. The molecule has 2 N–H and O–H groups in total. The fourth-order valence-electron chi connectivity index (χ4n) is 2.81. The van der Waals surface area contributed by atoms with Gasteiger partial charge in [0.25, 0.3) is 0 Å². The maximum atomic E-state index is 12.1. The SMILES string of the molecule is CC(C)c1ccc(CCNC(=O)NCc2cccnc2-n2ccnc2)cc1. The molecule has 3 aromatic rings. The quantitative estimate of drug-likeness (QED) is 0.675. The van der Waals surface area contributed by atoms with Gasteiger partial charge >= 0.3 is 6.03 Å². The van der Waals surface area contributed by atoms with E-state index in [1.54, 1.807) is 18.7 Å². The van der Waals surface area contributed by atoms with E-state index in [1.807, 2.05) is 22.9 Å². The summed E-state index contributed by atoms with van der Waals surface area (Å²) in [5.41, 5.74) is 3.47. The van der Waals surface area contributed by atoms with Crippen molar-refractivity contribution < 1.29 is 4.79 Å². The number of benzene rings is 1. The van der Waals surface area contributed by atoms with Crippen LogP contribution in [0.2, 0.25) is 0 Å².